The van der Waals surface area contributed by atoms with Crippen molar-refractivity contribution in [3.8, 4) is 17.3 Å². The molecule has 0 amide bonds. The molecule has 0 aliphatic carbocycles. The van der Waals surface area contributed by atoms with Crippen molar-refractivity contribution in [3.05, 3.63) is 60.2 Å². The van der Waals surface area contributed by atoms with Gasteiger partial charge in [-0.2, -0.15) is 0 Å². The van der Waals surface area contributed by atoms with Crippen LogP contribution in [0.1, 0.15) is 18.4 Å². The molecule has 0 atom stereocenters. The van der Waals surface area contributed by atoms with E-state index >= 15 is 0 Å². The third kappa shape index (κ3) is 3.10. The van der Waals surface area contributed by atoms with E-state index in [4.69, 9.17) is 14.2 Å². The largest absolute Gasteiger partial charge is 0.494 e. The number of aryl methyl sites for hydroxylation is 1. The highest BCUT2D eigenvalue weighted by Crippen LogP contribution is 2.24. The second-order valence-corrected chi connectivity index (χ2v) is 5.79. The van der Waals surface area contributed by atoms with Crippen molar-refractivity contribution in [1.82, 2.24) is 19.7 Å². The monoisotopic (exact) mass is 334 g/mol. The van der Waals surface area contributed by atoms with Gasteiger partial charge in [0.1, 0.15) is 22.9 Å². The number of imidazole rings is 1. The number of benzene rings is 1. The molecule has 4 rings (SSSR count). The Morgan fingerprint density at radius 2 is 2.08 bits per heavy atom. The molecule has 0 bridgehead atoms. The number of hydrogen-bond donors (Lipinski definition) is 0. The Labute approximate surface area is 145 Å². The summed E-state index contributed by atoms with van der Waals surface area (Å²) in [5.41, 5.74) is 2.59. The first-order valence-electron chi connectivity index (χ1n) is 8.20. The summed E-state index contributed by atoms with van der Waals surface area (Å²) in [6, 6.07) is 11.9. The van der Waals surface area contributed by atoms with Crippen LogP contribution in [0.15, 0.2) is 53.3 Å². The van der Waals surface area contributed by atoms with Crippen LogP contribution in [0.4, 0.5) is 0 Å². The van der Waals surface area contributed by atoms with Gasteiger partial charge in [-0.25, -0.2) is 9.97 Å². The number of pyridine rings is 1. The van der Waals surface area contributed by atoms with Gasteiger partial charge in [0.05, 0.1) is 18.7 Å². The molecule has 0 spiro atoms. The Hall–Kier alpha value is -3.15. The van der Waals surface area contributed by atoms with Crippen molar-refractivity contribution in [1.29, 1.82) is 0 Å². The maximum atomic E-state index is 5.54. The van der Waals surface area contributed by atoms with Crippen LogP contribution in [-0.2, 0) is 6.54 Å². The number of aromatic nitrogens is 4. The third-order valence-corrected chi connectivity index (χ3v) is 3.93. The second kappa shape index (κ2) is 6.39. The lowest BCUT2D eigenvalue weighted by Gasteiger charge is -2.08. The Bertz CT molecular complexity index is 1020. The van der Waals surface area contributed by atoms with E-state index in [0.29, 0.717) is 13.2 Å². The van der Waals surface area contributed by atoms with Crippen molar-refractivity contribution in [3.63, 3.8) is 0 Å². The van der Waals surface area contributed by atoms with Gasteiger partial charge in [-0.05, 0) is 38.1 Å². The third-order valence-electron chi connectivity index (χ3n) is 3.93. The normalized spacial score (nSPS) is 11.1. The quantitative estimate of drug-likeness (QED) is 0.555. The van der Waals surface area contributed by atoms with Gasteiger partial charge in [0, 0.05) is 23.8 Å². The van der Waals surface area contributed by atoms with Gasteiger partial charge < -0.3 is 13.8 Å². The first-order chi connectivity index (χ1) is 12.2. The van der Waals surface area contributed by atoms with Crippen molar-refractivity contribution >= 4 is 10.9 Å². The van der Waals surface area contributed by atoms with Gasteiger partial charge in [-0.3, -0.25) is 0 Å². The lowest BCUT2D eigenvalue weighted by Crippen LogP contribution is -2.02. The van der Waals surface area contributed by atoms with Crippen molar-refractivity contribution in [2.45, 2.75) is 20.4 Å². The number of rotatable bonds is 5. The van der Waals surface area contributed by atoms with Gasteiger partial charge in [0.15, 0.2) is 5.82 Å². The molecule has 3 heterocycles. The average molecular weight is 334 g/mol. The molecule has 0 aliphatic heterocycles. The zero-order valence-electron chi connectivity index (χ0n) is 14.1. The first-order valence-corrected chi connectivity index (χ1v) is 8.20. The zero-order valence-corrected chi connectivity index (χ0v) is 14.1. The predicted molar refractivity (Wildman–Crippen MR) is 94.5 cm³/mol. The maximum absolute atomic E-state index is 5.54. The Morgan fingerprint density at radius 1 is 1.16 bits per heavy atom. The molecule has 0 fully saturated rings. The molecule has 126 valence electrons. The van der Waals surface area contributed by atoms with Gasteiger partial charge in [0.2, 0.25) is 0 Å². The highest BCUT2D eigenvalue weighted by Gasteiger charge is 2.11. The van der Waals surface area contributed by atoms with Crippen molar-refractivity contribution in [2.75, 3.05) is 6.61 Å². The minimum absolute atomic E-state index is 0.593. The lowest BCUT2D eigenvalue weighted by atomic mass is 10.2. The molecule has 25 heavy (non-hydrogen) atoms. The van der Waals surface area contributed by atoms with E-state index < -0.39 is 0 Å². The van der Waals surface area contributed by atoms with E-state index in [-0.39, 0.29) is 0 Å². The molecule has 3 aromatic heterocycles. The van der Waals surface area contributed by atoms with Crippen molar-refractivity contribution < 1.29 is 9.26 Å². The highest BCUT2D eigenvalue weighted by atomic mass is 16.5. The van der Waals surface area contributed by atoms with Crippen LogP contribution < -0.4 is 4.74 Å². The molecule has 0 radical (unpaired) electrons. The minimum atomic E-state index is 0.593. The molecule has 6 nitrogen and oxygen atoms in total. The van der Waals surface area contributed by atoms with E-state index in [1.54, 1.807) is 6.20 Å². The summed E-state index contributed by atoms with van der Waals surface area (Å²) in [6.45, 7) is 5.10. The van der Waals surface area contributed by atoms with Crippen molar-refractivity contribution in [2.24, 2.45) is 0 Å². The fourth-order valence-electron chi connectivity index (χ4n) is 2.82. The second-order valence-electron chi connectivity index (χ2n) is 5.79. The first kappa shape index (κ1) is 15.4. The molecule has 0 saturated heterocycles. The smallest absolute Gasteiger partial charge is 0.159 e. The fraction of sp³-hybridized carbons (Fsp3) is 0.211. The Morgan fingerprint density at radius 3 is 2.88 bits per heavy atom. The van der Waals surface area contributed by atoms with Crippen LogP contribution in [-0.4, -0.2) is 26.3 Å². The summed E-state index contributed by atoms with van der Waals surface area (Å²) in [7, 11) is 0. The van der Waals surface area contributed by atoms with Crippen LogP contribution in [0, 0.1) is 6.92 Å². The summed E-state index contributed by atoms with van der Waals surface area (Å²) in [5, 5.41) is 5.09. The van der Waals surface area contributed by atoms with Gasteiger partial charge in [0.25, 0.3) is 0 Å². The van der Waals surface area contributed by atoms with Crippen LogP contribution in [0.5, 0.6) is 5.75 Å². The average Bonchev–Trinajstić information content (AvgIpc) is 3.24. The molecule has 6 heteroatoms. The number of ether oxygens (including phenoxy) is 1. The molecular formula is C19H18N4O2. The summed E-state index contributed by atoms with van der Waals surface area (Å²) in [4.78, 5) is 9.20. The van der Waals surface area contributed by atoms with Crippen LogP contribution in [0.25, 0.3) is 22.4 Å². The van der Waals surface area contributed by atoms with Crippen LogP contribution in [0.2, 0.25) is 0 Å². The van der Waals surface area contributed by atoms with E-state index in [1.807, 2.05) is 61.0 Å². The molecule has 0 unspecified atom stereocenters. The lowest BCUT2D eigenvalue weighted by molar-refractivity contribution is 0.340. The van der Waals surface area contributed by atoms with Crippen LogP contribution >= 0.6 is 0 Å². The summed E-state index contributed by atoms with van der Waals surface area (Å²) >= 11 is 0. The zero-order chi connectivity index (χ0) is 17.2. The summed E-state index contributed by atoms with van der Waals surface area (Å²) < 4.78 is 12.7. The number of nitrogens with zero attached hydrogens (tertiary/aromatic N) is 4. The summed E-state index contributed by atoms with van der Waals surface area (Å²) in [5.74, 6) is 2.45. The van der Waals surface area contributed by atoms with Gasteiger partial charge in [-0.1, -0.05) is 11.2 Å². The Balaban J connectivity index is 1.68. The minimum Gasteiger partial charge on any atom is -0.494 e. The predicted octanol–water partition coefficient (Wildman–Crippen LogP) is 3.84. The van der Waals surface area contributed by atoms with E-state index in [0.717, 1.165) is 39.6 Å². The topological polar surface area (TPSA) is 66.0 Å². The van der Waals surface area contributed by atoms with E-state index in [2.05, 4.69) is 10.1 Å². The van der Waals surface area contributed by atoms with Gasteiger partial charge >= 0.3 is 0 Å². The molecule has 0 aliphatic rings. The number of hydrogen-bond acceptors (Lipinski definition) is 5. The van der Waals surface area contributed by atoms with Crippen LogP contribution in [0.3, 0.4) is 0 Å². The fourth-order valence-corrected chi connectivity index (χ4v) is 2.82. The standard InChI is InChI=1S/C19H18N4O2/c1-3-24-16-5-7-17-14(11-16)4-6-18(21-17)19-20-8-9-23(19)12-15-10-13(2)25-22-15/h4-11H,3,12H2,1-2H3. The highest BCUT2D eigenvalue weighted by molar-refractivity contribution is 5.82. The molecular weight excluding hydrogens is 316 g/mol. The molecule has 0 N–H and O–H groups in total. The number of fused-ring (bicyclic) bond motifs is 1. The van der Waals surface area contributed by atoms with E-state index in [1.165, 1.54) is 0 Å². The molecule has 4 aromatic rings. The van der Waals surface area contributed by atoms with E-state index in [9.17, 15) is 0 Å². The SMILES string of the molecule is CCOc1ccc2nc(-c3nccn3Cc3cc(C)on3)ccc2c1. The summed E-state index contributed by atoms with van der Waals surface area (Å²) in [6.07, 6.45) is 3.69. The maximum Gasteiger partial charge on any atom is 0.159 e. The Kier molecular flexibility index (Phi) is 3.93. The molecule has 0 saturated carbocycles. The van der Waals surface area contributed by atoms with Gasteiger partial charge in [-0.15, -0.1) is 0 Å². The molecule has 1 aromatic carbocycles.